The smallest absolute Gasteiger partial charge is 0.325 e. The number of hydrogen-bond acceptors (Lipinski definition) is 4. The third-order valence-electron chi connectivity index (χ3n) is 2.76. The van der Waals surface area contributed by atoms with Crippen molar-refractivity contribution < 1.29 is 18.0 Å². The van der Waals surface area contributed by atoms with E-state index in [-0.39, 0.29) is 23.5 Å². The van der Waals surface area contributed by atoms with Gasteiger partial charge in [0.1, 0.15) is 10.7 Å². The van der Waals surface area contributed by atoms with Crippen molar-refractivity contribution in [1.82, 2.24) is 4.98 Å². The van der Waals surface area contributed by atoms with E-state index >= 15 is 0 Å². The Bertz CT molecular complexity index is 667. The first-order valence-electron chi connectivity index (χ1n) is 5.95. The normalized spacial score (nSPS) is 11.5. The van der Waals surface area contributed by atoms with Crippen LogP contribution in [-0.4, -0.2) is 10.9 Å². The second-order valence-electron chi connectivity index (χ2n) is 4.31. The molecule has 112 valence electrons. The van der Waals surface area contributed by atoms with Gasteiger partial charge in [-0.25, -0.2) is 4.98 Å². The van der Waals surface area contributed by atoms with Gasteiger partial charge in [-0.05, 0) is 24.6 Å². The van der Waals surface area contributed by atoms with E-state index in [9.17, 15) is 18.0 Å². The molecule has 21 heavy (non-hydrogen) atoms. The highest BCUT2D eigenvalue weighted by molar-refractivity contribution is 7.09. The maximum Gasteiger partial charge on any atom is 0.416 e. The molecular weight excluding hydrogens is 303 g/mol. The summed E-state index contributed by atoms with van der Waals surface area (Å²) < 4.78 is 38.4. The maximum absolute atomic E-state index is 12.8. The molecule has 2 aromatic rings. The van der Waals surface area contributed by atoms with Gasteiger partial charge in [-0.15, -0.1) is 11.3 Å². The molecule has 1 amide bonds. The lowest BCUT2D eigenvalue weighted by Crippen LogP contribution is -2.14. The molecule has 0 spiro atoms. The van der Waals surface area contributed by atoms with Crippen molar-refractivity contribution in [3.8, 4) is 0 Å². The molecule has 1 heterocycles. The number of aryl methyl sites for hydroxylation is 1. The quantitative estimate of drug-likeness (QED) is 0.914. The van der Waals surface area contributed by atoms with E-state index in [2.05, 4.69) is 10.3 Å². The number of nitrogens with zero attached hydrogens (tertiary/aromatic N) is 1. The van der Waals surface area contributed by atoms with Gasteiger partial charge in [0.15, 0.2) is 0 Å². The molecule has 8 heteroatoms. The Morgan fingerprint density at radius 3 is 2.71 bits per heavy atom. The molecule has 0 aliphatic carbocycles. The van der Waals surface area contributed by atoms with Crippen molar-refractivity contribution >= 4 is 22.9 Å². The molecule has 0 aliphatic heterocycles. The third kappa shape index (κ3) is 3.59. The molecule has 1 aromatic heterocycles. The second-order valence-corrected chi connectivity index (χ2v) is 5.25. The molecular formula is C13H12F3N3OS. The van der Waals surface area contributed by atoms with Crippen molar-refractivity contribution in [3.63, 3.8) is 0 Å². The van der Waals surface area contributed by atoms with Crippen LogP contribution in [0.4, 0.5) is 18.9 Å². The Morgan fingerprint density at radius 1 is 1.43 bits per heavy atom. The number of aromatic nitrogens is 1. The molecule has 0 atom stereocenters. The summed E-state index contributed by atoms with van der Waals surface area (Å²) in [5.74, 6) is -0.567. The summed E-state index contributed by atoms with van der Waals surface area (Å²) >= 11 is 1.22. The van der Waals surface area contributed by atoms with Crippen LogP contribution < -0.4 is 11.1 Å². The summed E-state index contributed by atoms with van der Waals surface area (Å²) in [6.07, 6.45) is -4.46. The summed E-state index contributed by atoms with van der Waals surface area (Å²) in [5.41, 5.74) is 4.92. The monoisotopic (exact) mass is 315 g/mol. The minimum absolute atomic E-state index is 0.0697. The van der Waals surface area contributed by atoms with Gasteiger partial charge in [0, 0.05) is 17.6 Å². The highest BCUT2D eigenvalue weighted by Gasteiger charge is 2.32. The average molecular weight is 315 g/mol. The molecule has 0 saturated carbocycles. The van der Waals surface area contributed by atoms with Crippen LogP contribution >= 0.6 is 11.3 Å². The lowest BCUT2D eigenvalue weighted by Gasteiger charge is -2.12. The maximum atomic E-state index is 12.8. The Balaban J connectivity index is 2.21. The van der Waals surface area contributed by atoms with Crippen molar-refractivity contribution in [2.24, 2.45) is 5.73 Å². The second kappa shape index (κ2) is 5.82. The van der Waals surface area contributed by atoms with Gasteiger partial charge in [-0.2, -0.15) is 13.2 Å². The highest BCUT2D eigenvalue weighted by Crippen LogP contribution is 2.33. The van der Waals surface area contributed by atoms with E-state index in [0.29, 0.717) is 5.01 Å². The number of thiazole rings is 1. The van der Waals surface area contributed by atoms with Gasteiger partial charge >= 0.3 is 6.18 Å². The predicted molar refractivity (Wildman–Crippen MR) is 74.1 cm³/mol. The Labute approximate surface area is 122 Å². The first-order chi connectivity index (χ1) is 9.81. The van der Waals surface area contributed by atoms with Crippen LogP contribution in [0.5, 0.6) is 0 Å². The standard InChI is InChI=1S/C13H12F3N3OS/c1-7-2-3-8(4-9(7)13(14,15)16)18-12(20)10-6-21-11(5-17)19-10/h2-4,6H,5,17H2,1H3,(H,18,20). The number of nitrogens with one attached hydrogen (secondary N) is 1. The van der Waals surface area contributed by atoms with Gasteiger partial charge in [-0.1, -0.05) is 6.07 Å². The number of hydrogen-bond donors (Lipinski definition) is 2. The van der Waals surface area contributed by atoms with Gasteiger partial charge < -0.3 is 11.1 Å². The molecule has 0 saturated heterocycles. The Hall–Kier alpha value is -1.93. The number of benzene rings is 1. The molecule has 0 unspecified atom stereocenters. The SMILES string of the molecule is Cc1ccc(NC(=O)c2csc(CN)n2)cc1C(F)(F)F. The molecule has 0 fully saturated rings. The summed E-state index contributed by atoms with van der Waals surface area (Å²) in [7, 11) is 0. The molecule has 1 aromatic carbocycles. The molecule has 2 rings (SSSR count). The van der Waals surface area contributed by atoms with Crippen LogP contribution in [0, 0.1) is 6.92 Å². The number of carbonyl (C=O) groups excluding carboxylic acids is 1. The number of rotatable bonds is 3. The van der Waals surface area contributed by atoms with Crippen molar-refractivity contribution in [3.05, 3.63) is 45.4 Å². The zero-order valence-electron chi connectivity index (χ0n) is 11.0. The van der Waals surface area contributed by atoms with Gasteiger partial charge in [-0.3, -0.25) is 4.79 Å². The molecule has 0 bridgehead atoms. The Morgan fingerprint density at radius 2 is 2.14 bits per heavy atom. The number of alkyl halides is 3. The fourth-order valence-corrected chi connectivity index (χ4v) is 2.36. The number of halogens is 3. The van der Waals surface area contributed by atoms with E-state index in [1.807, 2.05) is 0 Å². The van der Waals surface area contributed by atoms with Gasteiger partial charge in [0.2, 0.25) is 0 Å². The minimum atomic E-state index is -4.46. The zero-order chi connectivity index (χ0) is 15.6. The number of anilines is 1. The topological polar surface area (TPSA) is 68.0 Å². The van der Waals surface area contributed by atoms with E-state index in [4.69, 9.17) is 5.73 Å². The van der Waals surface area contributed by atoms with E-state index in [1.165, 1.54) is 35.8 Å². The lowest BCUT2D eigenvalue weighted by molar-refractivity contribution is -0.138. The van der Waals surface area contributed by atoms with E-state index < -0.39 is 17.6 Å². The molecule has 4 nitrogen and oxygen atoms in total. The third-order valence-corrected chi connectivity index (χ3v) is 3.63. The largest absolute Gasteiger partial charge is 0.416 e. The summed E-state index contributed by atoms with van der Waals surface area (Å²) in [4.78, 5) is 15.9. The van der Waals surface area contributed by atoms with Crippen LogP contribution in [0.15, 0.2) is 23.6 Å². The summed E-state index contributed by atoms with van der Waals surface area (Å²) in [5, 5.41) is 4.49. The van der Waals surface area contributed by atoms with Crippen molar-refractivity contribution in [2.45, 2.75) is 19.6 Å². The first kappa shape index (κ1) is 15.5. The van der Waals surface area contributed by atoms with Crippen LogP contribution in [0.3, 0.4) is 0 Å². The lowest BCUT2D eigenvalue weighted by atomic mass is 10.1. The van der Waals surface area contributed by atoms with Crippen LogP contribution in [-0.2, 0) is 12.7 Å². The number of carbonyl (C=O) groups is 1. The van der Waals surface area contributed by atoms with E-state index in [1.54, 1.807) is 0 Å². The van der Waals surface area contributed by atoms with Crippen LogP contribution in [0.25, 0.3) is 0 Å². The zero-order valence-corrected chi connectivity index (χ0v) is 11.8. The fourth-order valence-electron chi connectivity index (χ4n) is 1.71. The van der Waals surface area contributed by atoms with Crippen LogP contribution in [0.1, 0.15) is 26.6 Å². The number of nitrogens with two attached hydrogens (primary N) is 1. The number of amides is 1. The molecule has 0 aliphatic rings. The van der Waals surface area contributed by atoms with Gasteiger partial charge in [0.25, 0.3) is 5.91 Å². The minimum Gasteiger partial charge on any atom is -0.325 e. The summed E-state index contributed by atoms with van der Waals surface area (Å²) in [6, 6.07) is 3.63. The predicted octanol–water partition coefficient (Wildman–Crippen LogP) is 3.18. The van der Waals surface area contributed by atoms with Crippen LogP contribution in [0.2, 0.25) is 0 Å². The molecule has 0 radical (unpaired) electrons. The van der Waals surface area contributed by atoms with E-state index in [0.717, 1.165) is 6.07 Å². The highest BCUT2D eigenvalue weighted by atomic mass is 32.1. The van der Waals surface area contributed by atoms with Crippen molar-refractivity contribution in [1.29, 1.82) is 0 Å². The van der Waals surface area contributed by atoms with Gasteiger partial charge in [0.05, 0.1) is 5.56 Å². The summed E-state index contributed by atoms with van der Waals surface area (Å²) in [6.45, 7) is 1.57. The molecule has 3 N–H and O–H groups in total. The fraction of sp³-hybridized carbons (Fsp3) is 0.231. The van der Waals surface area contributed by atoms with Crippen molar-refractivity contribution in [2.75, 3.05) is 5.32 Å². The Kier molecular flexibility index (Phi) is 4.29. The first-order valence-corrected chi connectivity index (χ1v) is 6.83. The average Bonchev–Trinajstić information content (AvgIpc) is 2.88.